The van der Waals surface area contributed by atoms with Gasteiger partial charge in [0.25, 0.3) is 0 Å². The van der Waals surface area contributed by atoms with Crippen LogP contribution in [0.25, 0.3) is 0 Å². The Hall–Kier alpha value is -2.10. The van der Waals surface area contributed by atoms with Gasteiger partial charge in [-0.25, -0.2) is 4.79 Å². The zero-order valence-electron chi connectivity index (χ0n) is 9.86. The highest BCUT2D eigenvalue weighted by molar-refractivity contribution is 5.89. The van der Waals surface area contributed by atoms with E-state index in [2.05, 4.69) is 6.58 Å². The number of hydrogen-bond acceptors (Lipinski definition) is 4. The summed E-state index contributed by atoms with van der Waals surface area (Å²) in [6.45, 7) is 7.27. The molecule has 0 radical (unpaired) electrons. The summed E-state index contributed by atoms with van der Waals surface area (Å²) in [5.74, 6) is 0.127. The summed E-state index contributed by atoms with van der Waals surface area (Å²) in [6, 6.07) is 4.60. The highest BCUT2D eigenvalue weighted by atomic mass is 16.6. The molecule has 0 heterocycles. The smallest absolute Gasteiger partial charge is 0.338 e. The van der Waals surface area contributed by atoms with E-state index in [1.54, 1.807) is 19.9 Å². The summed E-state index contributed by atoms with van der Waals surface area (Å²) in [6.07, 6.45) is 0.701. The largest absolute Gasteiger partial charge is 0.490 e. The molecule has 1 aromatic rings. The van der Waals surface area contributed by atoms with E-state index in [4.69, 9.17) is 9.47 Å². The van der Waals surface area contributed by atoms with E-state index in [-0.39, 0.29) is 5.75 Å². The molecule has 0 amide bonds. The van der Waals surface area contributed by atoms with E-state index in [0.717, 1.165) is 0 Å². The SMILES string of the molecule is C=C(C)C(=O)Oc1ccc(C=O)cc1OCC. The first-order valence-corrected chi connectivity index (χ1v) is 5.18. The number of aldehydes is 1. The third-order valence-electron chi connectivity index (χ3n) is 1.95. The van der Waals surface area contributed by atoms with Crippen molar-refractivity contribution in [2.45, 2.75) is 13.8 Å². The molecule has 0 spiro atoms. The van der Waals surface area contributed by atoms with E-state index in [9.17, 15) is 9.59 Å². The van der Waals surface area contributed by atoms with E-state index >= 15 is 0 Å². The number of ether oxygens (including phenoxy) is 2. The average Bonchev–Trinajstić information content (AvgIpc) is 2.31. The normalized spacial score (nSPS) is 9.53. The molecule has 0 N–H and O–H groups in total. The molecule has 90 valence electrons. The van der Waals surface area contributed by atoms with Gasteiger partial charge in [0.1, 0.15) is 6.29 Å². The second-order valence-electron chi connectivity index (χ2n) is 3.43. The third kappa shape index (κ3) is 3.45. The van der Waals surface area contributed by atoms with Crippen LogP contribution >= 0.6 is 0 Å². The van der Waals surface area contributed by atoms with E-state index in [0.29, 0.717) is 29.8 Å². The molecule has 0 saturated carbocycles. The maximum Gasteiger partial charge on any atom is 0.338 e. The monoisotopic (exact) mass is 234 g/mol. The first kappa shape index (κ1) is 13.0. The van der Waals surface area contributed by atoms with Crippen LogP contribution in [0.2, 0.25) is 0 Å². The minimum atomic E-state index is -0.523. The Morgan fingerprint density at radius 1 is 1.41 bits per heavy atom. The molecular formula is C13H14O4. The minimum absolute atomic E-state index is 0.283. The Kier molecular flexibility index (Phi) is 4.46. The summed E-state index contributed by atoms with van der Waals surface area (Å²) >= 11 is 0. The predicted octanol–water partition coefficient (Wildman–Crippen LogP) is 2.38. The van der Waals surface area contributed by atoms with Crippen LogP contribution in [0, 0.1) is 0 Å². The Bertz CT molecular complexity index is 449. The molecule has 0 aliphatic carbocycles. The van der Waals surface area contributed by atoms with Gasteiger partial charge in [-0.2, -0.15) is 0 Å². The maximum absolute atomic E-state index is 11.4. The average molecular weight is 234 g/mol. The predicted molar refractivity (Wildman–Crippen MR) is 63.4 cm³/mol. The number of hydrogen-bond donors (Lipinski definition) is 0. The molecule has 4 heteroatoms. The van der Waals surface area contributed by atoms with Gasteiger partial charge in [0.2, 0.25) is 0 Å². The Labute approximate surface area is 99.8 Å². The zero-order chi connectivity index (χ0) is 12.8. The highest BCUT2D eigenvalue weighted by Crippen LogP contribution is 2.28. The van der Waals surface area contributed by atoms with E-state index in [1.807, 2.05) is 0 Å². The standard InChI is InChI=1S/C13H14O4/c1-4-16-12-7-10(8-14)5-6-11(12)17-13(15)9(2)3/h5-8H,2,4H2,1,3H3. The molecule has 0 aliphatic heterocycles. The van der Waals surface area contributed by atoms with Gasteiger partial charge in [-0.3, -0.25) is 4.79 Å². The molecule has 0 unspecified atom stereocenters. The van der Waals surface area contributed by atoms with Crippen LogP contribution in [0.5, 0.6) is 11.5 Å². The van der Waals surface area contributed by atoms with Gasteiger partial charge in [0.05, 0.1) is 6.61 Å². The highest BCUT2D eigenvalue weighted by Gasteiger charge is 2.11. The van der Waals surface area contributed by atoms with Gasteiger partial charge in [-0.05, 0) is 32.0 Å². The van der Waals surface area contributed by atoms with Gasteiger partial charge >= 0.3 is 5.97 Å². The van der Waals surface area contributed by atoms with Crippen molar-refractivity contribution in [3.8, 4) is 11.5 Å². The van der Waals surface area contributed by atoms with Gasteiger partial charge in [-0.1, -0.05) is 6.58 Å². The molecule has 0 aromatic heterocycles. The Morgan fingerprint density at radius 2 is 2.12 bits per heavy atom. The molecule has 4 nitrogen and oxygen atoms in total. The maximum atomic E-state index is 11.4. The molecule has 0 fully saturated rings. The second-order valence-corrected chi connectivity index (χ2v) is 3.43. The van der Waals surface area contributed by atoms with Crippen LogP contribution in [0.4, 0.5) is 0 Å². The fourth-order valence-electron chi connectivity index (χ4n) is 1.14. The number of rotatable bonds is 5. The summed E-state index contributed by atoms with van der Waals surface area (Å²) in [5, 5.41) is 0. The fourth-order valence-corrected chi connectivity index (χ4v) is 1.14. The van der Waals surface area contributed by atoms with Gasteiger partial charge in [0, 0.05) is 11.1 Å². The summed E-state index contributed by atoms with van der Waals surface area (Å²) in [4.78, 5) is 22.0. The van der Waals surface area contributed by atoms with Gasteiger partial charge in [0.15, 0.2) is 11.5 Å². The number of carbonyl (C=O) groups excluding carboxylic acids is 2. The number of carbonyl (C=O) groups is 2. The molecule has 0 atom stereocenters. The Balaban J connectivity index is 3.01. The molecule has 17 heavy (non-hydrogen) atoms. The van der Waals surface area contributed by atoms with Crippen molar-refractivity contribution in [1.29, 1.82) is 0 Å². The topological polar surface area (TPSA) is 52.6 Å². The lowest BCUT2D eigenvalue weighted by molar-refractivity contribution is -0.130. The zero-order valence-corrected chi connectivity index (χ0v) is 9.86. The molecule has 0 bridgehead atoms. The summed E-state index contributed by atoms with van der Waals surface area (Å²) in [5.41, 5.74) is 0.760. The third-order valence-corrected chi connectivity index (χ3v) is 1.95. The van der Waals surface area contributed by atoms with Crippen LogP contribution in [0.1, 0.15) is 24.2 Å². The van der Waals surface area contributed by atoms with Crippen LogP contribution in [-0.4, -0.2) is 18.9 Å². The lowest BCUT2D eigenvalue weighted by Gasteiger charge is -2.10. The van der Waals surface area contributed by atoms with Crippen LogP contribution in [0.15, 0.2) is 30.4 Å². The summed E-state index contributed by atoms with van der Waals surface area (Å²) < 4.78 is 10.4. The van der Waals surface area contributed by atoms with Crippen molar-refractivity contribution in [3.63, 3.8) is 0 Å². The number of esters is 1. The van der Waals surface area contributed by atoms with E-state index in [1.165, 1.54) is 12.1 Å². The van der Waals surface area contributed by atoms with Crippen LogP contribution in [0.3, 0.4) is 0 Å². The molecule has 0 saturated heterocycles. The Morgan fingerprint density at radius 3 is 2.65 bits per heavy atom. The van der Waals surface area contributed by atoms with Gasteiger partial charge < -0.3 is 9.47 Å². The van der Waals surface area contributed by atoms with Crippen molar-refractivity contribution in [3.05, 3.63) is 35.9 Å². The first-order valence-electron chi connectivity index (χ1n) is 5.18. The first-order chi connectivity index (χ1) is 8.08. The lowest BCUT2D eigenvalue weighted by atomic mass is 10.2. The molecule has 1 aromatic carbocycles. The number of benzene rings is 1. The lowest BCUT2D eigenvalue weighted by Crippen LogP contribution is -2.09. The van der Waals surface area contributed by atoms with Crippen LogP contribution < -0.4 is 9.47 Å². The van der Waals surface area contributed by atoms with Gasteiger partial charge in [-0.15, -0.1) is 0 Å². The minimum Gasteiger partial charge on any atom is -0.490 e. The van der Waals surface area contributed by atoms with Crippen molar-refractivity contribution < 1.29 is 19.1 Å². The molecule has 0 aliphatic rings. The van der Waals surface area contributed by atoms with Crippen molar-refractivity contribution >= 4 is 12.3 Å². The van der Waals surface area contributed by atoms with Crippen molar-refractivity contribution in [2.24, 2.45) is 0 Å². The second kappa shape index (κ2) is 5.84. The summed E-state index contributed by atoms with van der Waals surface area (Å²) in [7, 11) is 0. The van der Waals surface area contributed by atoms with Crippen LogP contribution in [-0.2, 0) is 4.79 Å². The molecular weight excluding hydrogens is 220 g/mol. The fraction of sp³-hybridized carbons (Fsp3) is 0.231. The quantitative estimate of drug-likeness (QED) is 0.340. The van der Waals surface area contributed by atoms with Crippen molar-refractivity contribution in [2.75, 3.05) is 6.61 Å². The molecule has 1 rings (SSSR count). The van der Waals surface area contributed by atoms with E-state index < -0.39 is 5.97 Å². The van der Waals surface area contributed by atoms with Crippen molar-refractivity contribution in [1.82, 2.24) is 0 Å².